The van der Waals surface area contributed by atoms with E-state index < -0.39 is 5.54 Å². The van der Waals surface area contributed by atoms with Gasteiger partial charge in [-0.25, -0.2) is 0 Å². The number of nitrogens with zero attached hydrogens (tertiary/aromatic N) is 2. The van der Waals surface area contributed by atoms with Crippen molar-refractivity contribution < 1.29 is 9.53 Å². The Morgan fingerprint density at radius 2 is 2.27 bits per heavy atom. The summed E-state index contributed by atoms with van der Waals surface area (Å²) in [7, 11) is 1.61. The number of hydrogen-bond acceptors (Lipinski definition) is 6. The fraction of sp³-hybridized carbons (Fsp3) is 0.400. The van der Waals surface area contributed by atoms with Gasteiger partial charge < -0.3 is 10.5 Å². The average molecular weight is 320 g/mol. The Bertz CT molecular complexity index is 654. The lowest BCUT2D eigenvalue weighted by molar-refractivity contribution is -0.120. The molecule has 1 heterocycles. The lowest BCUT2D eigenvalue weighted by atomic mass is 9.97. The second-order valence-corrected chi connectivity index (χ2v) is 6.03. The van der Waals surface area contributed by atoms with Gasteiger partial charge in [-0.3, -0.25) is 10.1 Å². The van der Waals surface area contributed by atoms with Crippen LogP contribution in [-0.2, 0) is 4.79 Å². The lowest BCUT2D eigenvalue weighted by Gasteiger charge is -2.21. The van der Waals surface area contributed by atoms with Gasteiger partial charge >= 0.3 is 0 Å². The lowest BCUT2D eigenvalue weighted by Crippen LogP contribution is -2.48. The Morgan fingerprint density at radius 3 is 2.95 bits per heavy atom. The van der Waals surface area contributed by atoms with E-state index in [0.717, 1.165) is 29.3 Å². The Labute approximate surface area is 133 Å². The predicted octanol–water partition coefficient (Wildman–Crippen LogP) is 2.67. The molecule has 22 heavy (non-hydrogen) atoms. The minimum atomic E-state index is -0.906. The number of nitrogens with two attached hydrogens (primary N) is 1. The first-order valence-electron chi connectivity index (χ1n) is 7.04. The van der Waals surface area contributed by atoms with E-state index in [9.17, 15) is 4.79 Å². The summed E-state index contributed by atoms with van der Waals surface area (Å²) in [6.45, 7) is 3.71. The van der Waals surface area contributed by atoms with Crippen LogP contribution in [0.15, 0.2) is 24.3 Å². The molecule has 2 rings (SSSR count). The Kier molecular flexibility index (Phi) is 5.10. The standard InChI is InChI=1S/C15H20N4O2S/c1-4-8-15(2,16)13(20)18-14-17-12(19-22-14)10-6-5-7-11(9-10)21-3/h5-7,9H,4,8,16H2,1-3H3,(H,17,18,19,20). The maximum absolute atomic E-state index is 12.2. The van der Waals surface area contributed by atoms with E-state index in [-0.39, 0.29) is 5.91 Å². The molecule has 7 heteroatoms. The van der Waals surface area contributed by atoms with E-state index in [1.807, 2.05) is 31.2 Å². The molecule has 1 atom stereocenters. The molecule has 2 aromatic rings. The zero-order chi connectivity index (χ0) is 16.2. The number of amides is 1. The van der Waals surface area contributed by atoms with Gasteiger partial charge in [-0.2, -0.15) is 9.36 Å². The Balaban J connectivity index is 2.13. The molecule has 118 valence electrons. The molecule has 1 aromatic carbocycles. The molecule has 0 radical (unpaired) electrons. The highest BCUT2D eigenvalue weighted by atomic mass is 32.1. The van der Waals surface area contributed by atoms with E-state index in [1.165, 1.54) is 0 Å². The number of ether oxygens (including phenoxy) is 1. The summed E-state index contributed by atoms with van der Waals surface area (Å²) in [5.74, 6) is 1.03. The SMILES string of the molecule is CCCC(C)(N)C(=O)Nc1nc(-c2cccc(OC)c2)ns1. The fourth-order valence-corrected chi connectivity index (χ4v) is 2.61. The first-order valence-corrected chi connectivity index (χ1v) is 7.82. The minimum Gasteiger partial charge on any atom is -0.497 e. The fourth-order valence-electron chi connectivity index (χ4n) is 2.03. The van der Waals surface area contributed by atoms with Crippen molar-refractivity contribution in [1.82, 2.24) is 9.36 Å². The summed E-state index contributed by atoms with van der Waals surface area (Å²) in [4.78, 5) is 16.5. The molecule has 1 amide bonds. The van der Waals surface area contributed by atoms with Gasteiger partial charge in [0.15, 0.2) is 5.82 Å². The van der Waals surface area contributed by atoms with E-state index >= 15 is 0 Å². The van der Waals surface area contributed by atoms with E-state index in [4.69, 9.17) is 10.5 Å². The van der Waals surface area contributed by atoms with Crippen molar-refractivity contribution in [1.29, 1.82) is 0 Å². The second kappa shape index (κ2) is 6.85. The zero-order valence-electron chi connectivity index (χ0n) is 12.9. The van der Waals surface area contributed by atoms with Crippen LogP contribution in [0.5, 0.6) is 5.75 Å². The molecule has 1 unspecified atom stereocenters. The highest BCUT2D eigenvalue weighted by Gasteiger charge is 2.28. The predicted molar refractivity (Wildman–Crippen MR) is 88.0 cm³/mol. The number of benzene rings is 1. The Morgan fingerprint density at radius 1 is 1.50 bits per heavy atom. The summed E-state index contributed by atoms with van der Waals surface area (Å²) < 4.78 is 9.44. The number of carbonyl (C=O) groups is 1. The van der Waals surface area contributed by atoms with Crippen LogP contribution in [-0.4, -0.2) is 27.9 Å². The molecule has 0 aliphatic heterocycles. The molecule has 0 bridgehead atoms. The van der Waals surface area contributed by atoms with E-state index in [1.54, 1.807) is 14.0 Å². The average Bonchev–Trinajstić information content (AvgIpc) is 2.96. The summed E-state index contributed by atoms with van der Waals surface area (Å²) >= 11 is 1.13. The number of methoxy groups -OCH3 is 1. The number of aromatic nitrogens is 2. The Hall–Kier alpha value is -1.99. The van der Waals surface area contributed by atoms with Gasteiger partial charge in [0.1, 0.15) is 5.75 Å². The molecule has 0 fully saturated rings. The third-order valence-electron chi connectivity index (χ3n) is 3.26. The summed E-state index contributed by atoms with van der Waals surface area (Å²) in [5.41, 5.74) is 5.93. The number of carbonyl (C=O) groups excluding carboxylic acids is 1. The zero-order valence-corrected chi connectivity index (χ0v) is 13.7. The highest BCUT2D eigenvalue weighted by Crippen LogP contribution is 2.25. The van der Waals surface area contributed by atoms with Crippen molar-refractivity contribution in [2.75, 3.05) is 12.4 Å². The van der Waals surface area contributed by atoms with Gasteiger partial charge in [0.25, 0.3) is 0 Å². The largest absolute Gasteiger partial charge is 0.497 e. The van der Waals surface area contributed by atoms with Crippen LogP contribution in [0.2, 0.25) is 0 Å². The van der Waals surface area contributed by atoms with Gasteiger partial charge in [-0.1, -0.05) is 25.5 Å². The van der Waals surface area contributed by atoms with Crippen molar-refractivity contribution >= 4 is 22.6 Å². The number of nitrogens with one attached hydrogen (secondary N) is 1. The minimum absolute atomic E-state index is 0.248. The normalized spacial score (nSPS) is 13.5. The highest BCUT2D eigenvalue weighted by molar-refractivity contribution is 7.10. The second-order valence-electron chi connectivity index (χ2n) is 5.28. The molecular formula is C15H20N4O2S. The first-order chi connectivity index (χ1) is 10.5. The van der Waals surface area contributed by atoms with Crippen LogP contribution in [0.25, 0.3) is 11.4 Å². The number of rotatable bonds is 6. The van der Waals surface area contributed by atoms with Crippen LogP contribution in [0.3, 0.4) is 0 Å². The van der Waals surface area contributed by atoms with Crippen LogP contribution >= 0.6 is 11.5 Å². The molecule has 3 N–H and O–H groups in total. The van der Waals surface area contributed by atoms with Crippen LogP contribution < -0.4 is 15.8 Å². The molecule has 0 saturated carbocycles. The third kappa shape index (κ3) is 3.80. The molecule has 0 spiro atoms. The monoisotopic (exact) mass is 320 g/mol. The van der Waals surface area contributed by atoms with Gasteiger partial charge in [0.05, 0.1) is 12.6 Å². The van der Waals surface area contributed by atoms with Crippen molar-refractivity contribution in [3.8, 4) is 17.1 Å². The molecular weight excluding hydrogens is 300 g/mol. The van der Waals surface area contributed by atoms with E-state index in [2.05, 4.69) is 14.7 Å². The maximum atomic E-state index is 12.2. The van der Waals surface area contributed by atoms with Crippen LogP contribution in [0.1, 0.15) is 26.7 Å². The maximum Gasteiger partial charge on any atom is 0.245 e. The van der Waals surface area contributed by atoms with Gasteiger partial charge in [0.2, 0.25) is 11.0 Å². The van der Waals surface area contributed by atoms with Crippen molar-refractivity contribution in [2.45, 2.75) is 32.2 Å². The van der Waals surface area contributed by atoms with Gasteiger partial charge in [-0.05, 0) is 25.5 Å². The summed E-state index contributed by atoms with van der Waals surface area (Å²) in [6, 6.07) is 7.45. The van der Waals surface area contributed by atoms with Crippen molar-refractivity contribution in [3.05, 3.63) is 24.3 Å². The third-order valence-corrected chi connectivity index (χ3v) is 3.89. The van der Waals surface area contributed by atoms with Crippen molar-refractivity contribution in [2.24, 2.45) is 5.73 Å². The molecule has 0 saturated heterocycles. The van der Waals surface area contributed by atoms with Gasteiger partial charge in [0, 0.05) is 17.1 Å². The first kappa shape index (κ1) is 16.4. The quantitative estimate of drug-likeness (QED) is 0.854. The molecule has 0 aliphatic carbocycles. The van der Waals surface area contributed by atoms with Gasteiger partial charge in [-0.15, -0.1) is 0 Å². The van der Waals surface area contributed by atoms with Crippen LogP contribution in [0.4, 0.5) is 5.13 Å². The van der Waals surface area contributed by atoms with Crippen molar-refractivity contribution in [3.63, 3.8) is 0 Å². The smallest absolute Gasteiger partial charge is 0.245 e. The van der Waals surface area contributed by atoms with E-state index in [0.29, 0.717) is 17.4 Å². The number of anilines is 1. The molecule has 0 aliphatic rings. The molecule has 1 aromatic heterocycles. The summed E-state index contributed by atoms with van der Waals surface area (Å²) in [5, 5.41) is 3.18. The topological polar surface area (TPSA) is 90.1 Å². The van der Waals surface area contributed by atoms with Crippen LogP contribution in [0, 0.1) is 0 Å². The summed E-state index contributed by atoms with van der Waals surface area (Å²) in [6.07, 6.45) is 1.45. The number of hydrogen-bond donors (Lipinski definition) is 2. The molecule has 6 nitrogen and oxygen atoms in total.